The number of para-hydroxylation sites is 1. The highest BCUT2D eigenvalue weighted by Gasteiger charge is 2.26. The van der Waals surface area contributed by atoms with Gasteiger partial charge < -0.3 is 20.1 Å². The standard InChI is InChI=1S/C17H23N3O3/c1-17(22,12-20-6-8-23-9-7-20)11-18-16(21)15-10-13-4-2-3-5-14(13)19-15/h2-5,10,19,22H,6-9,11-12H2,1H3,(H,18,21). The highest BCUT2D eigenvalue weighted by Crippen LogP contribution is 2.15. The summed E-state index contributed by atoms with van der Waals surface area (Å²) < 4.78 is 5.30. The van der Waals surface area contributed by atoms with Crippen molar-refractivity contribution in [3.8, 4) is 0 Å². The number of morpholine rings is 1. The van der Waals surface area contributed by atoms with Crippen LogP contribution in [0.1, 0.15) is 17.4 Å². The Morgan fingerprint density at radius 3 is 2.87 bits per heavy atom. The van der Waals surface area contributed by atoms with E-state index in [1.165, 1.54) is 0 Å². The predicted molar refractivity (Wildman–Crippen MR) is 88.5 cm³/mol. The Kier molecular flexibility index (Phi) is 4.66. The van der Waals surface area contributed by atoms with E-state index >= 15 is 0 Å². The minimum atomic E-state index is -0.973. The van der Waals surface area contributed by atoms with Crippen LogP contribution >= 0.6 is 0 Å². The van der Waals surface area contributed by atoms with Gasteiger partial charge in [-0.15, -0.1) is 0 Å². The Labute approximate surface area is 135 Å². The van der Waals surface area contributed by atoms with E-state index in [0.717, 1.165) is 24.0 Å². The lowest BCUT2D eigenvalue weighted by Crippen LogP contribution is -2.51. The molecule has 1 atom stereocenters. The lowest BCUT2D eigenvalue weighted by Gasteiger charge is -2.33. The van der Waals surface area contributed by atoms with E-state index in [4.69, 9.17) is 4.74 Å². The molecule has 1 aromatic heterocycles. The number of carbonyl (C=O) groups excluding carboxylic acids is 1. The summed E-state index contributed by atoms with van der Waals surface area (Å²) in [4.78, 5) is 17.5. The molecule has 124 valence electrons. The van der Waals surface area contributed by atoms with Gasteiger partial charge in [0.2, 0.25) is 0 Å². The maximum Gasteiger partial charge on any atom is 0.267 e. The van der Waals surface area contributed by atoms with Crippen LogP contribution in [0.25, 0.3) is 10.9 Å². The first-order chi connectivity index (χ1) is 11.0. The van der Waals surface area contributed by atoms with Crippen LogP contribution in [0, 0.1) is 0 Å². The quantitative estimate of drug-likeness (QED) is 0.768. The van der Waals surface area contributed by atoms with Gasteiger partial charge in [-0.2, -0.15) is 0 Å². The molecular formula is C17H23N3O3. The molecule has 0 aliphatic carbocycles. The molecule has 6 nitrogen and oxygen atoms in total. The number of hydrogen-bond acceptors (Lipinski definition) is 4. The predicted octanol–water partition coefficient (Wildman–Crippen LogP) is 0.981. The number of aromatic amines is 1. The van der Waals surface area contributed by atoms with Gasteiger partial charge in [0.15, 0.2) is 0 Å². The average Bonchev–Trinajstić information content (AvgIpc) is 2.97. The van der Waals surface area contributed by atoms with Gasteiger partial charge in [-0.1, -0.05) is 18.2 Å². The van der Waals surface area contributed by atoms with E-state index < -0.39 is 5.60 Å². The highest BCUT2D eigenvalue weighted by molar-refractivity contribution is 5.97. The number of β-amino-alcohol motifs (C(OH)–C–C–N with tert-alkyl or cyclic N) is 1. The minimum absolute atomic E-state index is 0.205. The summed E-state index contributed by atoms with van der Waals surface area (Å²) in [5, 5.41) is 14.3. The molecule has 1 fully saturated rings. The maximum absolute atomic E-state index is 12.3. The fourth-order valence-electron chi connectivity index (χ4n) is 2.86. The summed E-state index contributed by atoms with van der Waals surface area (Å²) >= 11 is 0. The first-order valence-corrected chi connectivity index (χ1v) is 7.92. The van der Waals surface area contributed by atoms with Gasteiger partial charge in [-0.3, -0.25) is 9.69 Å². The van der Waals surface area contributed by atoms with Crippen molar-refractivity contribution in [1.29, 1.82) is 0 Å². The third kappa shape index (κ3) is 4.10. The van der Waals surface area contributed by atoms with Crippen molar-refractivity contribution in [2.45, 2.75) is 12.5 Å². The summed E-state index contributed by atoms with van der Waals surface area (Å²) in [6.45, 7) is 5.48. The molecule has 6 heteroatoms. The summed E-state index contributed by atoms with van der Waals surface area (Å²) in [6.07, 6.45) is 0. The number of hydrogen-bond donors (Lipinski definition) is 3. The number of H-pyrrole nitrogens is 1. The van der Waals surface area contributed by atoms with Crippen LogP contribution in [-0.4, -0.2) is 65.9 Å². The molecule has 1 aliphatic rings. The van der Waals surface area contributed by atoms with Crippen molar-refractivity contribution in [2.75, 3.05) is 39.4 Å². The number of ether oxygens (including phenoxy) is 1. The molecule has 3 N–H and O–H groups in total. The SMILES string of the molecule is CC(O)(CNC(=O)c1cc2ccccc2[nH]1)CN1CCOCC1. The van der Waals surface area contributed by atoms with Crippen LogP contribution in [-0.2, 0) is 4.74 Å². The van der Waals surface area contributed by atoms with Gasteiger partial charge in [-0.25, -0.2) is 0 Å². The molecule has 0 radical (unpaired) electrons. The number of amides is 1. The number of benzene rings is 1. The molecular weight excluding hydrogens is 294 g/mol. The lowest BCUT2D eigenvalue weighted by atomic mass is 10.1. The molecule has 23 heavy (non-hydrogen) atoms. The van der Waals surface area contributed by atoms with Crippen molar-refractivity contribution < 1.29 is 14.6 Å². The van der Waals surface area contributed by atoms with E-state index in [0.29, 0.717) is 25.5 Å². The number of aliphatic hydroxyl groups is 1. The molecule has 1 saturated heterocycles. The van der Waals surface area contributed by atoms with Crippen LogP contribution < -0.4 is 5.32 Å². The maximum atomic E-state index is 12.3. The van der Waals surface area contributed by atoms with Crippen LogP contribution in [0.4, 0.5) is 0 Å². The second kappa shape index (κ2) is 6.70. The van der Waals surface area contributed by atoms with E-state index in [-0.39, 0.29) is 12.5 Å². The number of rotatable bonds is 5. The Bertz CT molecular complexity index is 642. The fourth-order valence-corrected chi connectivity index (χ4v) is 2.86. The highest BCUT2D eigenvalue weighted by atomic mass is 16.5. The first-order valence-electron chi connectivity index (χ1n) is 7.92. The average molecular weight is 317 g/mol. The topological polar surface area (TPSA) is 77.6 Å². The third-order valence-corrected chi connectivity index (χ3v) is 4.07. The van der Waals surface area contributed by atoms with Gasteiger partial charge in [0, 0.05) is 37.1 Å². The zero-order valence-corrected chi connectivity index (χ0v) is 13.3. The van der Waals surface area contributed by atoms with Crippen LogP contribution in [0.3, 0.4) is 0 Å². The van der Waals surface area contributed by atoms with Crippen molar-refractivity contribution >= 4 is 16.8 Å². The van der Waals surface area contributed by atoms with Crippen molar-refractivity contribution in [3.05, 3.63) is 36.0 Å². The smallest absolute Gasteiger partial charge is 0.267 e. The second-order valence-corrected chi connectivity index (χ2v) is 6.34. The van der Waals surface area contributed by atoms with Gasteiger partial charge in [0.25, 0.3) is 5.91 Å². The zero-order valence-electron chi connectivity index (χ0n) is 13.3. The Morgan fingerprint density at radius 1 is 1.39 bits per heavy atom. The molecule has 0 spiro atoms. The zero-order chi connectivity index (χ0) is 16.3. The number of nitrogens with zero attached hydrogens (tertiary/aromatic N) is 1. The largest absolute Gasteiger partial charge is 0.387 e. The van der Waals surface area contributed by atoms with Gasteiger partial charge in [-0.05, 0) is 19.1 Å². The summed E-state index contributed by atoms with van der Waals surface area (Å²) in [5.41, 5.74) is 0.463. The number of carbonyl (C=O) groups is 1. The second-order valence-electron chi connectivity index (χ2n) is 6.34. The van der Waals surface area contributed by atoms with Crippen molar-refractivity contribution in [3.63, 3.8) is 0 Å². The lowest BCUT2D eigenvalue weighted by molar-refractivity contribution is -0.0213. The molecule has 3 rings (SSSR count). The van der Waals surface area contributed by atoms with Crippen LogP contribution in [0.5, 0.6) is 0 Å². The molecule has 0 saturated carbocycles. The van der Waals surface area contributed by atoms with Gasteiger partial charge >= 0.3 is 0 Å². The monoisotopic (exact) mass is 317 g/mol. The molecule has 1 aliphatic heterocycles. The summed E-state index contributed by atoms with van der Waals surface area (Å²) in [6, 6.07) is 9.57. The van der Waals surface area contributed by atoms with E-state index in [1.807, 2.05) is 30.3 Å². The molecule has 2 heterocycles. The minimum Gasteiger partial charge on any atom is -0.387 e. The summed E-state index contributed by atoms with van der Waals surface area (Å²) in [7, 11) is 0. The Morgan fingerprint density at radius 2 is 2.13 bits per heavy atom. The molecule has 2 aromatic rings. The first kappa shape index (κ1) is 16.0. The number of fused-ring (bicyclic) bond motifs is 1. The van der Waals surface area contributed by atoms with E-state index in [1.54, 1.807) is 6.92 Å². The van der Waals surface area contributed by atoms with Crippen LogP contribution in [0.15, 0.2) is 30.3 Å². The van der Waals surface area contributed by atoms with Crippen molar-refractivity contribution in [1.82, 2.24) is 15.2 Å². The Hall–Kier alpha value is -1.89. The Balaban J connectivity index is 1.56. The van der Waals surface area contributed by atoms with Gasteiger partial charge in [0.1, 0.15) is 5.69 Å². The normalized spacial score (nSPS) is 18.7. The third-order valence-electron chi connectivity index (χ3n) is 4.07. The molecule has 1 amide bonds. The van der Waals surface area contributed by atoms with Gasteiger partial charge in [0.05, 0.1) is 18.8 Å². The molecule has 1 unspecified atom stereocenters. The van der Waals surface area contributed by atoms with E-state index in [9.17, 15) is 9.90 Å². The number of nitrogens with one attached hydrogen (secondary N) is 2. The van der Waals surface area contributed by atoms with E-state index in [2.05, 4.69) is 15.2 Å². The van der Waals surface area contributed by atoms with Crippen molar-refractivity contribution in [2.24, 2.45) is 0 Å². The molecule has 1 aromatic carbocycles. The van der Waals surface area contributed by atoms with Crippen LogP contribution in [0.2, 0.25) is 0 Å². The number of aromatic nitrogens is 1. The summed E-state index contributed by atoms with van der Waals surface area (Å²) in [5.74, 6) is -0.205. The molecule has 0 bridgehead atoms. The fraction of sp³-hybridized carbons (Fsp3) is 0.471.